The van der Waals surface area contributed by atoms with Crippen LogP contribution in [0.3, 0.4) is 0 Å². The molecule has 3 heteroatoms. The first-order valence-corrected chi connectivity index (χ1v) is 5.89. The summed E-state index contributed by atoms with van der Waals surface area (Å²) in [7, 11) is 0. The second-order valence-electron chi connectivity index (χ2n) is 4.64. The van der Waals surface area contributed by atoms with E-state index in [0.717, 1.165) is 19.6 Å². The van der Waals surface area contributed by atoms with Crippen LogP contribution in [0, 0.1) is 0 Å². The van der Waals surface area contributed by atoms with Crippen molar-refractivity contribution in [3.8, 4) is 0 Å². The molecule has 1 heterocycles. The van der Waals surface area contributed by atoms with E-state index in [1.165, 1.54) is 32.1 Å². The van der Waals surface area contributed by atoms with E-state index in [-0.39, 0.29) is 6.67 Å². The molecule has 1 aliphatic carbocycles. The molecule has 2 fully saturated rings. The molecule has 0 radical (unpaired) electrons. The molecule has 14 heavy (non-hydrogen) atoms. The Morgan fingerprint density at radius 1 is 1.21 bits per heavy atom. The molecule has 2 nitrogen and oxygen atoms in total. The summed E-state index contributed by atoms with van der Waals surface area (Å²) in [6.45, 7) is 3.59. The summed E-state index contributed by atoms with van der Waals surface area (Å²) in [5.74, 6) is 0. The molecular weight excluding hydrogens is 179 g/mol. The quantitative estimate of drug-likeness (QED) is 0.728. The highest BCUT2D eigenvalue weighted by Crippen LogP contribution is 2.34. The number of rotatable bonds is 2. The molecule has 0 bridgehead atoms. The van der Waals surface area contributed by atoms with Crippen molar-refractivity contribution in [1.82, 2.24) is 10.2 Å². The van der Waals surface area contributed by atoms with Gasteiger partial charge in [-0.15, -0.1) is 0 Å². The lowest BCUT2D eigenvalue weighted by Gasteiger charge is -2.49. The van der Waals surface area contributed by atoms with E-state index in [9.17, 15) is 4.39 Å². The number of piperazine rings is 1. The topological polar surface area (TPSA) is 15.3 Å². The SMILES string of the molecule is FCCN1CCNCC12CCCCC2. The first kappa shape index (κ1) is 10.4. The van der Waals surface area contributed by atoms with Crippen molar-refractivity contribution in [2.75, 3.05) is 32.9 Å². The van der Waals surface area contributed by atoms with E-state index in [1.54, 1.807) is 0 Å². The zero-order valence-corrected chi connectivity index (χ0v) is 8.90. The number of nitrogens with zero attached hydrogens (tertiary/aromatic N) is 1. The smallest absolute Gasteiger partial charge is 0.102 e. The maximum atomic E-state index is 12.5. The monoisotopic (exact) mass is 200 g/mol. The van der Waals surface area contributed by atoms with Crippen LogP contribution in [0.5, 0.6) is 0 Å². The van der Waals surface area contributed by atoms with Crippen molar-refractivity contribution in [3.05, 3.63) is 0 Å². The number of alkyl halides is 1. The maximum absolute atomic E-state index is 12.5. The molecule has 1 saturated heterocycles. The van der Waals surface area contributed by atoms with Crippen molar-refractivity contribution < 1.29 is 4.39 Å². The van der Waals surface area contributed by atoms with E-state index in [1.807, 2.05) is 0 Å². The van der Waals surface area contributed by atoms with Gasteiger partial charge in [-0.2, -0.15) is 0 Å². The lowest BCUT2D eigenvalue weighted by Crippen LogP contribution is -2.62. The van der Waals surface area contributed by atoms with Crippen molar-refractivity contribution in [3.63, 3.8) is 0 Å². The fraction of sp³-hybridized carbons (Fsp3) is 1.00. The van der Waals surface area contributed by atoms with Gasteiger partial charge < -0.3 is 5.32 Å². The highest BCUT2D eigenvalue weighted by molar-refractivity contribution is 4.97. The van der Waals surface area contributed by atoms with Crippen molar-refractivity contribution in [2.45, 2.75) is 37.6 Å². The molecule has 1 saturated carbocycles. The van der Waals surface area contributed by atoms with Crippen LogP contribution >= 0.6 is 0 Å². The van der Waals surface area contributed by atoms with Gasteiger partial charge in [0.05, 0.1) is 0 Å². The van der Waals surface area contributed by atoms with E-state index in [0.29, 0.717) is 12.1 Å². The molecule has 0 aromatic carbocycles. The molecule has 0 amide bonds. The standard InChI is InChI=1S/C11H21FN2/c12-6-8-14-9-7-13-10-11(14)4-2-1-3-5-11/h13H,1-10H2. The van der Waals surface area contributed by atoms with Crippen molar-refractivity contribution in [2.24, 2.45) is 0 Å². The third-order valence-electron chi connectivity index (χ3n) is 3.82. The third-order valence-corrected chi connectivity index (χ3v) is 3.82. The molecular formula is C11H21FN2. The summed E-state index contributed by atoms with van der Waals surface area (Å²) in [4.78, 5) is 2.39. The molecule has 0 unspecified atom stereocenters. The Balaban J connectivity index is 2.02. The number of halogens is 1. The second kappa shape index (κ2) is 4.58. The first-order chi connectivity index (χ1) is 6.87. The predicted molar refractivity (Wildman–Crippen MR) is 56.2 cm³/mol. The van der Waals surface area contributed by atoms with Gasteiger partial charge in [-0.05, 0) is 12.8 Å². The molecule has 0 aromatic heterocycles. The minimum Gasteiger partial charge on any atom is -0.314 e. The summed E-state index contributed by atoms with van der Waals surface area (Å²) in [5.41, 5.74) is 0.308. The average Bonchev–Trinajstić information content (AvgIpc) is 2.23. The average molecular weight is 200 g/mol. The summed E-state index contributed by atoms with van der Waals surface area (Å²) >= 11 is 0. The van der Waals surface area contributed by atoms with Gasteiger partial charge in [-0.25, -0.2) is 4.39 Å². The minimum absolute atomic E-state index is 0.193. The Hall–Kier alpha value is -0.150. The lowest BCUT2D eigenvalue weighted by molar-refractivity contribution is 0.0234. The number of nitrogens with one attached hydrogen (secondary N) is 1. The summed E-state index contributed by atoms with van der Waals surface area (Å²) in [6, 6.07) is 0. The van der Waals surface area contributed by atoms with E-state index in [2.05, 4.69) is 10.2 Å². The molecule has 1 spiro atoms. The van der Waals surface area contributed by atoms with Crippen LogP contribution < -0.4 is 5.32 Å². The molecule has 82 valence electrons. The van der Waals surface area contributed by atoms with Gasteiger partial charge in [-0.1, -0.05) is 19.3 Å². The fourth-order valence-electron chi connectivity index (χ4n) is 3.04. The first-order valence-electron chi connectivity index (χ1n) is 5.89. The van der Waals surface area contributed by atoms with Gasteiger partial charge in [0, 0.05) is 31.7 Å². The van der Waals surface area contributed by atoms with Crippen molar-refractivity contribution in [1.29, 1.82) is 0 Å². The van der Waals surface area contributed by atoms with Crippen molar-refractivity contribution >= 4 is 0 Å². The third kappa shape index (κ3) is 1.94. The minimum atomic E-state index is -0.193. The zero-order chi connectivity index (χ0) is 9.86. The molecule has 2 rings (SSSR count). The summed E-state index contributed by atoms with van der Waals surface area (Å²) in [6.07, 6.45) is 6.54. The van der Waals surface area contributed by atoms with E-state index in [4.69, 9.17) is 0 Å². The van der Waals surface area contributed by atoms with Gasteiger partial charge in [0.25, 0.3) is 0 Å². The highest BCUT2D eigenvalue weighted by Gasteiger charge is 2.39. The molecule has 1 N–H and O–H groups in total. The zero-order valence-electron chi connectivity index (χ0n) is 8.90. The Morgan fingerprint density at radius 3 is 2.71 bits per heavy atom. The second-order valence-corrected chi connectivity index (χ2v) is 4.64. The van der Waals surface area contributed by atoms with E-state index < -0.39 is 0 Å². The predicted octanol–water partition coefficient (Wildman–Crippen LogP) is 1.56. The van der Waals surface area contributed by atoms with Crippen LogP contribution in [-0.4, -0.2) is 43.3 Å². The van der Waals surface area contributed by atoms with Crippen LogP contribution in [0.2, 0.25) is 0 Å². The van der Waals surface area contributed by atoms with Gasteiger partial charge >= 0.3 is 0 Å². The van der Waals surface area contributed by atoms with Crippen LogP contribution in [0.4, 0.5) is 4.39 Å². The van der Waals surface area contributed by atoms with Crippen LogP contribution in [0.1, 0.15) is 32.1 Å². The number of hydrogen-bond acceptors (Lipinski definition) is 2. The lowest BCUT2D eigenvalue weighted by atomic mass is 9.79. The Bertz CT molecular complexity index is 168. The Labute approximate surface area is 85.9 Å². The Morgan fingerprint density at radius 2 is 2.00 bits per heavy atom. The molecule has 0 aromatic rings. The van der Waals surface area contributed by atoms with Gasteiger partial charge in [-0.3, -0.25) is 4.90 Å². The highest BCUT2D eigenvalue weighted by atomic mass is 19.1. The Kier molecular flexibility index (Phi) is 3.39. The van der Waals surface area contributed by atoms with Gasteiger partial charge in [0.15, 0.2) is 0 Å². The molecule has 1 aliphatic heterocycles. The van der Waals surface area contributed by atoms with Crippen LogP contribution in [-0.2, 0) is 0 Å². The maximum Gasteiger partial charge on any atom is 0.102 e. The van der Waals surface area contributed by atoms with Gasteiger partial charge in [0.2, 0.25) is 0 Å². The fourth-order valence-corrected chi connectivity index (χ4v) is 3.04. The molecule has 0 atom stereocenters. The largest absolute Gasteiger partial charge is 0.314 e. The summed E-state index contributed by atoms with van der Waals surface area (Å²) in [5, 5.41) is 3.47. The normalized spacial score (nSPS) is 28.1. The van der Waals surface area contributed by atoms with E-state index >= 15 is 0 Å². The summed E-state index contributed by atoms with van der Waals surface area (Å²) < 4.78 is 12.5. The van der Waals surface area contributed by atoms with Gasteiger partial charge in [0.1, 0.15) is 6.67 Å². The molecule has 2 aliphatic rings. The van der Waals surface area contributed by atoms with Crippen LogP contribution in [0.15, 0.2) is 0 Å². The number of hydrogen-bond donors (Lipinski definition) is 1. The van der Waals surface area contributed by atoms with Crippen LogP contribution in [0.25, 0.3) is 0 Å².